The Kier molecular flexibility index (Phi) is 6.31. The second kappa shape index (κ2) is 8.22. The van der Waals surface area contributed by atoms with Crippen LogP contribution in [0, 0.1) is 0 Å². The van der Waals surface area contributed by atoms with E-state index < -0.39 is 0 Å². The van der Waals surface area contributed by atoms with E-state index in [0.29, 0.717) is 25.8 Å². The second-order valence-corrected chi connectivity index (χ2v) is 6.82. The van der Waals surface area contributed by atoms with E-state index in [1.165, 1.54) is 5.56 Å². The van der Waals surface area contributed by atoms with Gasteiger partial charge in [-0.3, -0.25) is 9.59 Å². The van der Waals surface area contributed by atoms with Crippen molar-refractivity contribution in [3.63, 3.8) is 0 Å². The second-order valence-electron chi connectivity index (χ2n) is 5.83. The fourth-order valence-electron chi connectivity index (χ4n) is 2.90. The maximum absolute atomic E-state index is 11.9. The lowest BCUT2D eigenvalue weighted by Gasteiger charge is -2.29. The number of benzene rings is 1. The molecule has 0 radical (unpaired) electrons. The lowest BCUT2D eigenvalue weighted by molar-refractivity contribution is -0.122. The van der Waals surface area contributed by atoms with Crippen LogP contribution in [0.2, 0.25) is 0 Å². The molecule has 2 N–H and O–H groups in total. The number of thioether (sulfide) groups is 1. The smallest absolute Gasteiger partial charge is 0.220 e. The number of amides is 2. The van der Waals surface area contributed by atoms with Crippen LogP contribution in [-0.4, -0.2) is 35.9 Å². The van der Waals surface area contributed by atoms with E-state index in [1.54, 1.807) is 11.8 Å². The van der Waals surface area contributed by atoms with Crippen LogP contribution in [0.25, 0.3) is 0 Å². The van der Waals surface area contributed by atoms with Crippen LogP contribution in [0.4, 0.5) is 0 Å². The Balaban J connectivity index is 1.92. The molecule has 0 aromatic heterocycles. The van der Waals surface area contributed by atoms with Gasteiger partial charge in [0.15, 0.2) is 0 Å². The van der Waals surface area contributed by atoms with Gasteiger partial charge in [-0.15, -0.1) is 0 Å². The molecule has 1 saturated heterocycles. The topological polar surface area (TPSA) is 58.2 Å². The Morgan fingerprint density at radius 2 is 2.14 bits per heavy atom. The molecule has 0 saturated carbocycles. The van der Waals surface area contributed by atoms with Crippen molar-refractivity contribution in [2.75, 3.05) is 18.6 Å². The van der Waals surface area contributed by atoms with Crippen molar-refractivity contribution in [1.29, 1.82) is 0 Å². The molecule has 1 unspecified atom stereocenters. The summed E-state index contributed by atoms with van der Waals surface area (Å²) in [5.74, 6) is 1.10. The van der Waals surface area contributed by atoms with Crippen molar-refractivity contribution in [1.82, 2.24) is 10.6 Å². The number of hydrogen-bond donors (Lipinski definition) is 2. The summed E-state index contributed by atoms with van der Waals surface area (Å²) in [6, 6.07) is 10.2. The van der Waals surface area contributed by atoms with Crippen molar-refractivity contribution in [2.45, 2.75) is 37.6 Å². The number of carbonyl (C=O) groups excluding carboxylic acids is 2. The van der Waals surface area contributed by atoms with Crippen molar-refractivity contribution in [3.8, 4) is 0 Å². The van der Waals surface area contributed by atoms with Gasteiger partial charge in [-0.05, 0) is 31.1 Å². The zero-order valence-corrected chi connectivity index (χ0v) is 13.9. The summed E-state index contributed by atoms with van der Waals surface area (Å²) in [5, 5.41) is 6.04. The molecule has 4 nitrogen and oxygen atoms in total. The third-order valence-electron chi connectivity index (χ3n) is 4.08. The maximum atomic E-state index is 11.9. The molecule has 2 rings (SSSR count). The Bertz CT molecular complexity index is 507. The van der Waals surface area contributed by atoms with Gasteiger partial charge in [-0.1, -0.05) is 30.3 Å². The Morgan fingerprint density at radius 3 is 2.77 bits per heavy atom. The molecule has 0 bridgehead atoms. The standard InChI is InChI=1S/C17H24N2O2S/c1-22-12-11-18-15(20)7-9-17(10-8-16(21)19-17)13-14-5-3-2-4-6-14/h2-6H,7-13H2,1H3,(H,18,20)(H,19,21). The third kappa shape index (κ3) is 5.05. The number of hydrogen-bond acceptors (Lipinski definition) is 3. The maximum Gasteiger partial charge on any atom is 0.220 e. The average Bonchev–Trinajstić information content (AvgIpc) is 2.88. The molecule has 1 atom stereocenters. The van der Waals surface area contributed by atoms with Crippen LogP contribution in [0.5, 0.6) is 0 Å². The minimum absolute atomic E-state index is 0.0719. The lowest BCUT2D eigenvalue weighted by atomic mass is 9.85. The summed E-state index contributed by atoms with van der Waals surface area (Å²) in [6.07, 6.45) is 5.33. The summed E-state index contributed by atoms with van der Waals surface area (Å²) < 4.78 is 0. The number of rotatable bonds is 8. The Hall–Kier alpha value is -1.49. The predicted octanol–water partition coefficient (Wildman–Crippen LogP) is 2.14. The molecule has 1 aromatic rings. The first-order valence-electron chi connectivity index (χ1n) is 7.74. The van der Waals surface area contributed by atoms with Crippen LogP contribution in [0.3, 0.4) is 0 Å². The van der Waals surface area contributed by atoms with Crippen LogP contribution in [0.15, 0.2) is 30.3 Å². The minimum Gasteiger partial charge on any atom is -0.355 e. The molecule has 1 aliphatic heterocycles. The van der Waals surface area contributed by atoms with Crippen molar-refractivity contribution in [2.24, 2.45) is 0 Å². The zero-order chi connectivity index (χ0) is 15.8. The van der Waals surface area contributed by atoms with Crippen LogP contribution >= 0.6 is 11.8 Å². The fraction of sp³-hybridized carbons (Fsp3) is 0.529. The van der Waals surface area contributed by atoms with Gasteiger partial charge < -0.3 is 10.6 Å². The molecule has 1 aromatic carbocycles. The molecule has 5 heteroatoms. The van der Waals surface area contributed by atoms with E-state index in [0.717, 1.165) is 18.6 Å². The molecule has 0 spiro atoms. The van der Waals surface area contributed by atoms with Gasteiger partial charge in [0.2, 0.25) is 11.8 Å². The normalized spacial score (nSPS) is 20.7. The number of carbonyl (C=O) groups is 2. The third-order valence-corrected chi connectivity index (χ3v) is 4.69. The van der Waals surface area contributed by atoms with E-state index in [4.69, 9.17) is 0 Å². The van der Waals surface area contributed by atoms with Gasteiger partial charge in [0.25, 0.3) is 0 Å². The van der Waals surface area contributed by atoms with Gasteiger partial charge in [0.05, 0.1) is 0 Å². The van der Waals surface area contributed by atoms with E-state index in [-0.39, 0.29) is 17.4 Å². The highest BCUT2D eigenvalue weighted by Crippen LogP contribution is 2.29. The van der Waals surface area contributed by atoms with Gasteiger partial charge in [0.1, 0.15) is 0 Å². The van der Waals surface area contributed by atoms with Gasteiger partial charge in [0, 0.05) is 30.7 Å². The van der Waals surface area contributed by atoms with E-state index in [1.807, 2.05) is 24.5 Å². The van der Waals surface area contributed by atoms with Crippen molar-refractivity contribution in [3.05, 3.63) is 35.9 Å². The largest absolute Gasteiger partial charge is 0.355 e. The number of nitrogens with one attached hydrogen (secondary N) is 2. The van der Waals surface area contributed by atoms with Crippen molar-refractivity contribution < 1.29 is 9.59 Å². The highest BCUT2D eigenvalue weighted by molar-refractivity contribution is 7.98. The predicted molar refractivity (Wildman–Crippen MR) is 90.9 cm³/mol. The van der Waals surface area contributed by atoms with Crippen LogP contribution in [-0.2, 0) is 16.0 Å². The first kappa shape index (κ1) is 16.9. The van der Waals surface area contributed by atoms with Gasteiger partial charge in [-0.2, -0.15) is 11.8 Å². The summed E-state index contributed by atoms with van der Waals surface area (Å²) >= 11 is 1.72. The van der Waals surface area contributed by atoms with E-state index in [2.05, 4.69) is 22.8 Å². The molecule has 120 valence electrons. The van der Waals surface area contributed by atoms with E-state index in [9.17, 15) is 9.59 Å². The molecular formula is C17H24N2O2S. The molecule has 1 aliphatic rings. The first-order valence-corrected chi connectivity index (χ1v) is 9.13. The molecule has 1 fully saturated rings. The molecule has 0 aliphatic carbocycles. The Labute approximate surface area is 136 Å². The van der Waals surface area contributed by atoms with Crippen molar-refractivity contribution >= 4 is 23.6 Å². The summed E-state index contributed by atoms with van der Waals surface area (Å²) in [4.78, 5) is 23.6. The quantitative estimate of drug-likeness (QED) is 0.722. The van der Waals surface area contributed by atoms with Gasteiger partial charge in [-0.25, -0.2) is 0 Å². The molecule has 22 heavy (non-hydrogen) atoms. The summed E-state index contributed by atoms with van der Waals surface area (Å²) in [5.41, 5.74) is 0.933. The molecule has 2 amide bonds. The SMILES string of the molecule is CSCCNC(=O)CCC1(Cc2ccccc2)CCC(=O)N1. The van der Waals surface area contributed by atoms with Crippen LogP contribution in [0.1, 0.15) is 31.2 Å². The minimum atomic E-state index is -0.269. The van der Waals surface area contributed by atoms with Gasteiger partial charge >= 0.3 is 0 Å². The highest BCUT2D eigenvalue weighted by Gasteiger charge is 2.37. The van der Waals surface area contributed by atoms with Crippen LogP contribution < -0.4 is 10.6 Å². The molecular weight excluding hydrogens is 296 g/mol. The van der Waals surface area contributed by atoms with E-state index >= 15 is 0 Å². The summed E-state index contributed by atoms with van der Waals surface area (Å²) in [7, 11) is 0. The lowest BCUT2D eigenvalue weighted by Crippen LogP contribution is -2.44. The zero-order valence-electron chi connectivity index (χ0n) is 13.1. The monoisotopic (exact) mass is 320 g/mol. The molecule has 1 heterocycles. The fourth-order valence-corrected chi connectivity index (χ4v) is 3.21. The summed E-state index contributed by atoms with van der Waals surface area (Å²) in [6.45, 7) is 0.706. The highest BCUT2D eigenvalue weighted by atomic mass is 32.2. The first-order chi connectivity index (χ1) is 10.6. The Morgan fingerprint density at radius 1 is 1.36 bits per heavy atom. The average molecular weight is 320 g/mol.